The fourth-order valence-electron chi connectivity index (χ4n) is 2.50. The smallest absolute Gasteiger partial charge is 0.413 e. The van der Waals surface area contributed by atoms with Gasteiger partial charge in [0.15, 0.2) is 6.23 Å². The number of rotatable bonds is 3. The van der Waals surface area contributed by atoms with E-state index in [4.69, 9.17) is 9.47 Å². The number of aliphatic hydroxyl groups excluding tert-OH is 1. The van der Waals surface area contributed by atoms with Crippen LogP contribution in [-0.4, -0.2) is 40.6 Å². The van der Waals surface area contributed by atoms with Gasteiger partial charge in [-0.25, -0.2) is 4.79 Å². The molecule has 1 aliphatic rings. The molecule has 1 aliphatic heterocycles. The minimum Gasteiger partial charge on any atom is -0.444 e. The van der Waals surface area contributed by atoms with Gasteiger partial charge < -0.3 is 14.6 Å². The number of ether oxygens (including phenoxy) is 2. The predicted molar refractivity (Wildman–Crippen MR) is 83.3 cm³/mol. The monoisotopic (exact) mass is 307 g/mol. The minimum atomic E-state index is -0.735. The highest BCUT2D eigenvalue weighted by atomic mass is 16.6. The van der Waals surface area contributed by atoms with Crippen LogP contribution in [0.1, 0.15) is 45.7 Å². The highest BCUT2D eigenvalue weighted by Gasteiger charge is 2.43. The summed E-state index contributed by atoms with van der Waals surface area (Å²) in [4.78, 5) is 14.1. The van der Waals surface area contributed by atoms with E-state index in [-0.39, 0.29) is 6.04 Å². The molecule has 1 N–H and O–H groups in total. The predicted octanol–water partition coefficient (Wildman–Crippen LogP) is 3.09. The van der Waals surface area contributed by atoms with Crippen LogP contribution in [-0.2, 0) is 9.47 Å². The van der Waals surface area contributed by atoms with Crippen molar-refractivity contribution in [1.82, 2.24) is 4.90 Å². The normalized spacial score (nSPS) is 23.4. The first kappa shape index (κ1) is 16.8. The Balaban J connectivity index is 2.28. The Morgan fingerprint density at radius 1 is 1.41 bits per heavy atom. The lowest BCUT2D eigenvalue weighted by Gasteiger charge is -2.32. The maximum absolute atomic E-state index is 12.6. The molecule has 0 saturated carbocycles. The van der Waals surface area contributed by atoms with Gasteiger partial charge in [-0.1, -0.05) is 37.3 Å². The third-order valence-electron chi connectivity index (χ3n) is 3.57. The summed E-state index contributed by atoms with van der Waals surface area (Å²) in [6, 6.07) is 9.42. The highest BCUT2D eigenvalue weighted by molar-refractivity contribution is 5.69. The second-order valence-corrected chi connectivity index (χ2v) is 6.51. The Bertz CT molecular complexity index is 497. The molecule has 1 saturated heterocycles. The molecule has 0 spiro atoms. The molecule has 1 heterocycles. The molecule has 1 aromatic rings. The van der Waals surface area contributed by atoms with Crippen LogP contribution in [0.5, 0.6) is 0 Å². The van der Waals surface area contributed by atoms with Crippen LogP contribution < -0.4 is 0 Å². The van der Waals surface area contributed by atoms with Crippen molar-refractivity contribution in [2.45, 2.75) is 58.1 Å². The average Bonchev–Trinajstić information content (AvgIpc) is 2.90. The Kier molecular flexibility index (Phi) is 5.08. The van der Waals surface area contributed by atoms with Crippen molar-refractivity contribution >= 4 is 6.09 Å². The number of carbonyl (C=O) groups is 1. The van der Waals surface area contributed by atoms with E-state index in [2.05, 4.69) is 0 Å². The molecule has 3 atom stereocenters. The zero-order valence-electron chi connectivity index (χ0n) is 13.7. The minimum absolute atomic E-state index is 0.248. The zero-order valence-corrected chi connectivity index (χ0v) is 13.7. The van der Waals surface area contributed by atoms with E-state index in [1.165, 1.54) is 4.90 Å². The number of aliphatic hydroxyl groups is 1. The summed E-state index contributed by atoms with van der Waals surface area (Å²) in [7, 11) is 0. The number of hydrogen-bond acceptors (Lipinski definition) is 4. The summed E-state index contributed by atoms with van der Waals surface area (Å²) in [5.41, 5.74) is 0.377. The Labute approximate surface area is 131 Å². The number of benzene rings is 1. The molecule has 2 rings (SSSR count). The van der Waals surface area contributed by atoms with Gasteiger partial charge in [0.1, 0.15) is 5.60 Å². The first-order valence-electron chi connectivity index (χ1n) is 7.69. The van der Waals surface area contributed by atoms with Crippen molar-refractivity contribution in [2.75, 3.05) is 6.61 Å². The van der Waals surface area contributed by atoms with Crippen LogP contribution in [0.2, 0.25) is 0 Å². The summed E-state index contributed by atoms with van der Waals surface area (Å²) in [6.07, 6.45) is -1.37. The second kappa shape index (κ2) is 6.67. The summed E-state index contributed by atoms with van der Waals surface area (Å²) < 4.78 is 11.2. The van der Waals surface area contributed by atoms with E-state index < -0.39 is 24.0 Å². The maximum Gasteiger partial charge on any atom is 0.413 e. The van der Waals surface area contributed by atoms with Crippen molar-refractivity contribution in [3.05, 3.63) is 35.9 Å². The van der Waals surface area contributed by atoms with Gasteiger partial charge in [-0.05, 0) is 32.8 Å². The Hall–Kier alpha value is -1.59. The fourth-order valence-corrected chi connectivity index (χ4v) is 2.50. The van der Waals surface area contributed by atoms with Gasteiger partial charge in [-0.15, -0.1) is 0 Å². The number of nitrogens with zero attached hydrogens (tertiary/aromatic N) is 1. The third-order valence-corrected chi connectivity index (χ3v) is 3.57. The molecule has 1 aromatic carbocycles. The van der Waals surface area contributed by atoms with Gasteiger partial charge >= 0.3 is 6.09 Å². The van der Waals surface area contributed by atoms with Crippen LogP contribution in [0.25, 0.3) is 0 Å². The van der Waals surface area contributed by atoms with Gasteiger partial charge in [-0.2, -0.15) is 0 Å². The van der Waals surface area contributed by atoms with Crippen LogP contribution in [0.15, 0.2) is 30.3 Å². The van der Waals surface area contributed by atoms with Gasteiger partial charge in [0.05, 0.1) is 18.8 Å². The van der Waals surface area contributed by atoms with Crippen molar-refractivity contribution in [2.24, 2.45) is 0 Å². The van der Waals surface area contributed by atoms with E-state index in [1.807, 2.05) is 58.0 Å². The van der Waals surface area contributed by atoms with Crippen molar-refractivity contribution in [1.29, 1.82) is 0 Å². The largest absolute Gasteiger partial charge is 0.444 e. The molecule has 5 nitrogen and oxygen atoms in total. The second-order valence-electron chi connectivity index (χ2n) is 6.51. The third kappa shape index (κ3) is 3.78. The molecular weight excluding hydrogens is 282 g/mol. The van der Waals surface area contributed by atoms with Crippen molar-refractivity contribution in [3.8, 4) is 0 Å². The van der Waals surface area contributed by atoms with Crippen LogP contribution >= 0.6 is 0 Å². The lowest BCUT2D eigenvalue weighted by atomic mass is 10.1. The average molecular weight is 307 g/mol. The van der Waals surface area contributed by atoms with Crippen LogP contribution in [0, 0.1) is 0 Å². The summed E-state index contributed by atoms with van der Waals surface area (Å²) >= 11 is 0. The summed E-state index contributed by atoms with van der Waals surface area (Å²) in [6.45, 7) is 7.68. The first-order chi connectivity index (χ1) is 10.3. The molecular formula is C17H25NO4. The Morgan fingerprint density at radius 2 is 2.05 bits per heavy atom. The number of carbonyl (C=O) groups excluding carboxylic acids is 1. The van der Waals surface area contributed by atoms with Crippen molar-refractivity contribution < 1.29 is 19.4 Å². The topological polar surface area (TPSA) is 59.0 Å². The molecule has 5 heteroatoms. The molecule has 0 unspecified atom stereocenters. The number of hydrogen-bond donors (Lipinski definition) is 1. The first-order valence-corrected chi connectivity index (χ1v) is 7.69. The molecule has 122 valence electrons. The van der Waals surface area contributed by atoms with Gasteiger partial charge in [0.2, 0.25) is 0 Å². The van der Waals surface area contributed by atoms with E-state index in [9.17, 15) is 9.90 Å². The van der Waals surface area contributed by atoms with Gasteiger partial charge in [0.25, 0.3) is 0 Å². The molecule has 0 aromatic heterocycles. The molecule has 0 bridgehead atoms. The maximum atomic E-state index is 12.6. The van der Waals surface area contributed by atoms with Crippen molar-refractivity contribution in [3.63, 3.8) is 0 Å². The standard InChI is InChI=1S/C17H25NO4/c1-5-14(19)15-18(16(20)22-17(2,3)4)13(11-21-15)12-9-7-6-8-10-12/h6-10,13-15,19H,5,11H2,1-4H3/t13-,14+,15+/m1/s1. The SMILES string of the molecule is CC[C@H](O)[C@@H]1OC[C@H](c2ccccc2)N1C(=O)OC(C)(C)C. The quantitative estimate of drug-likeness (QED) is 0.932. The van der Waals surface area contributed by atoms with E-state index in [0.29, 0.717) is 13.0 Å². The molecule has 0 radical (unpaired) electrons. The highest BCUT2D eigenvalue weighted by Crippen LogP contribution is 2.33. The molecule has 1 amide bonds. The fraction of sp³-hybridized carbons (Fsp3) is 0.588. The Morgan fingerprint density at radius 3 is 2.59 bits per heavy atom. The van der Waals surface area contributed by atoms with E-state index in [0.717, 1.165) is 5.56 Å². The molecule has 1 fully saturated rings. The zero-order chi connectivity index (χ0) is 16.3. The molecule has 0 aliphatic carbocycles. The summed E-state index contributed by atoms with van der Waals surface area (Å²) in [5.74, 6) is 0. The van der Waals surface area contributed by atoms with Crippen LogP contribution in [0.3, 0.4) is 0 Å². The van der Waals surface area contributed by atoms with Gasteiger partial charge in [0, 0.05) is 0 Å². The van der Waals surface area contributed by atoms with E-state index in [1.54, 1.807) is 0 Å². The lowest BCUT2D eigenvalue weighted by Crippen LogP contribution is -2.46. The number of amides is 1. The summed E-state index contributed by atoms with van der Waals surface area (Å²) in [5, 5.41) is 10.2. The lowest BCUT2D eigenvalue weighted by molar-refractivity contribution is -0.0710. The van der Waals surface area contributed by atoms with Crippen LogP contribution in [0.4, 0.5) is 4.79 Å². The van der Waals surface area contributed by atoms with E-state index >= 15 is 0 Å². The van der Waals surface area contributed by atoms with Gasteiger partial charge in [-0.3, -0.25) is 4.90 Å². The molecule has 22 heavy (non-hydrogen) atoms.